The summed E-state index contributed by atoms with van der Waals surface area (Å²) in [5.41, 5.74) is 1.28. The summed E-state index contributed by atoms with van der Waals surface area (Å²) in [7, 11) is 0. The van der Waals surface area contributed by atoms with E-state index in [0.717, 1.165) is 11.8 Å². The fraction of sp³-hybridized carbons (Fsp3) is 0.217. The number of nitrogens with zero attached hydrogens (tertiary/aromatic N) is 1. The van der Waals surface area contributed by atoms with E-state index >= 15 is 0 Å². The molecule has 0 aliphatic rings. The Labute approximate surface area is 178 Å². The van der Waals surface area contributed by atoms with Gasteiger partial charge in [0.05, 0.1) is 16.7 Å². The van der Waals surface area contributed by atoms with Gasteiger partial charge in [0.2, 0.25) is 0 Å². The van der Waals surface area contributed by atoms with Crippen molar-refractivity contribution in [2.75, 3.05) is 5.32 Å². The van der Waals surface area contributed by atoms with Gasteiger partial charge in [0, 0.05) is 11.3 Å². The lowest BCUT2D eigenvalue weighted by molar-refractivity contribution is 0.00193. The predicted molar refractivity (Wildman–Crippen MR) is 117 cm³/mol. The summed E-state index contributed by atoms with van der Waals surface area (Å²) in [6.07, 6.45) is 1.02. The first-order valence-electron chi connectivity index (χ1n) is 9.31. The topological polar surface area (TPSA) is 50.7 Å². The molecule has 0 aliphatic heterocycles. The Balaban J connectivity index is 1.91. The molecule has 2 aromatic carbocycles. The molecule has 1 N–H and O–H groups in total. The van der Waals surface area contributed by atoms with Gasteiger partial charge in [0.25, 0.3) is 5.91 Å². The molecule has 0 saturated carbocycles. The maximum Gasteiger partial charge on any atom is 0.266 e. The van der Waals surface area contributed by atoms with Crippen LogP contribution in [0.25, 0.3) is 11.1 Å². The summed E-state index contributed by atoms with van der Waals surface area (Å²) in [5.74, 6) is -1.82. The molecule has 7 heteroatoms. The molecule has 1 aromatic heterocycles. The molecule has 0 saturated heterocycles. The normalized spacial score (nSPS) is 11.7. The Hall–Kier alpha value is -3.06. The first-order chi connectivity index (χ1) is 14.2. The van der Waals surface area contributed by atoms with Crippen LogP contribution in [0.4, 0.5) is 14.5 Å². The number of benzene rings is 2. The number of nitrogens with one attached hydrogen (secondary N) is 1. The molecule has 156 valence electrons. The Kier molecular flexibility index (Phi) is 6.31. The van der Waals surface area contributed by atoms with Gasteiger partial charge >= 0.3 is 0 Å². The predicted octanol–water partition coefficient (Wildman–Crippen LogP) is 6.40. The van der Waals surface area contributed by atoms with Crippen molar-refractivity contribution in [1.29, 1.82) is 0 Å². The van der Waals surface area contributed by atoms with Crippen molar-refractivity contribution in [3.63, 3.8) is 0 Å². The number of hydrogen-bond donors (Lipinski definition) is 1. The molecule has 30 heavy (non-hydrogen) atoms. The molecule has 0 unspecified atom stereocenters. The minimum absolute atomic E-state index is 0.265. The third-order valence-corrected chi connectivity index (χ3v) is 5.16. The molecule has 0 bridgehead atoms. The number of amides is 1. The zero-order valence-corrected chi connectivity index (χ0v) is 17.9. The van der Waals surface area contributed by atoms with Gasteiger partial charge in [0.1, 0.15) is 17.2 Å². The van der Waals surface area contributed by atoms with Crippen LogP contribution < -0.4 is 5.32 Å². The van der Waals surface area contributed by atoms with Crippen molar-refractivity contribution >= 4 is 29.1 Å². The molecule has 0 spiro atoms. The molecule has 3 rings (SSSR count). The van der Waals surface area contributed by atoms with E-state index in [1.807, 2.05) is 18.4 Å². The molecular formula is C23H22F2N2O2S. The van der Waals surface area contributed by atoms with Gasteiger partial charge in [-0.3, -0.25) is 4.79 Å². The van der Waals surface area contributed by atoms with Crippen LogP contribution >= 0.6 is 11.3 Å². The number of rotatable bonds is 5. The van der Waals surface area contributed by atoms with Crippen LogP contribution in [-0.2, 0) is 4.84 Å². The van der Waals surface area contributed by atoms with Gasteiger partial charge in [-0.25, -0.2) is 8.78 Å². The third kappa shape index (κ3) is 5.10. The highest BCUT2D eigenvalue weighted by Gasteiger charge is 2.17. The molecule has 0 radical (unpaired) electrons. The number of anilines is 1. The number of oxime groups is 1. The van der Waals surface area contributed by atoms with E-state index in [1.54, 1.807) is 45.0 Å². The van der Waals surface area contributed by atoms with E-state index in [2.05, 4.69) is 10.5 Å². The lowest BCUT2D eigenvalue weighted by atomic mass is 10.0. The quantitative estimate of drug-likeness (QED) is 0.377. The van der Waals surface area contributed by atoms with Gasteiger partial charge in [-0.2, -0.15) is 0 Å². The monoisotopic (exact) mass is 428 g/mol. The van der Waals surface area contributed by atoms with E-state index in [0.29, 0.717) is 21.7 Å². The number of carbonyl (C=O) groups excluding carboxylic acids is 1. The lowest BCUT2D eigenvalue weighted by Crippen LogP contribution is -2.15. The van der Waals surface area contributed by atoms with Gasteiger partial charge < -0.3 is 10.2 Å². The van der Waals surface area contributed by atoms with Crippen molar-refractivity contribution in [3.05, 3.63) is 75.5 Å². The van der Waals surface area contributed by atoms with Crippen LogP contribution in [0.5, 0.6) is 0 Å². The Morgan fingerprint density at radius 3 is 2.40 bits per heavy atom. The van der Waals surface area contributed by atoms with Crippen LogP contribution in [-0.4, -0.2) is 17.7 Å². The van der Waals surface area contributed by atoms with Crippen LogP contribution in [0.15, 0.2) is 53.0 Å². The zero-order valence-electron chi connectivity index (χ0n) is 17.1. The fourth-order valence-electron chi connectivity index (χ4n) is 2.73. The van der Waals surface area contributed by atoms with Crippen molar-refractivity contribution < 1.29 is 18.4 Å². The van der Waals surface area contributed by atoms with E-state index in [9.17, 15) is 13.6 Å². The first-order valence-corrected chi connectivity index (χ1v) is 10.2. The van der Waals surface area contributed by atoms with Crippen LogP contribution in [0.3, 0.4) is 0 Å². The summed E-state index contributed by atoms with van der Waals surface area (Å²) in [6, 6.07) is 11.2. The summed E-state index contributed by atoms with van der Waals surface area (Å²) in [6.45, 7) is 7.20. The molecule has 1 amide bonds. The third-order valence-electron chi connectivity index (χ3n) is 4.14. The van der Waals surface area contributed by atoms with Crippen molar-refractivity contribution in [3.8, 4) is 11.1 Å². The SMILES string of the molecule is Cc1ccsc1C(=O)Nc1ccccc1-c1cc(F)c(/C=N/OC(C)(C)C)c(F)c1. The summed E-state index contributed by atoms with van der Waals surface area (Å²) < 4.78 is 29.2. The summed E-state index contributed by atoms with van der Waals surface area (Å²) in [5, 5.41) is 8.34. The Morgan fingerprint density at radius 1 is 1.13 bits per heavy atom. The van der Waals surface area contributed by atoms with Crippen LogP contribution in [0.1, 0.15) is 41.6 Å². The molecule has 4 nitrogen and oxygen atoms in total. The molecule has 0 fully saturated rings. The summed E-state index contributed by atoms with van der Waals surface area (Å²) >= 11 is 1.34. The van der Waals surface area contributed by atoms with Gasteiger partial charge in [-0.1, -0.05) is 23.4 Å². The summed E-state index contributed by atoms with van der Waals surface area (Å²) in [4.78, 5) is 18.3. The molecule has 0 atom stereocenters. The molecule has 1 heterocycles. The Morgan fingerprint density at radius 2 is 1.80 bits per heavy atom. The largest absolute Gasteiger partial charge is 0.390 e. The second-order valence-corrected chi connectivity index (χ2v) is 8.64. The molecule has 3 aromatic rings. The molecular weight excluding hydrogens is 406 g/mol. The highest BCUT2D eigenvalue weighted by Crippen LogP contribution is 2.31. The maximum absolute atomic E-state index is 14.6. The number of carbonyl (C=O) groups is 1. The second-order valence-electron chi connectivity index (χ2n) is 7.72. The average molecular weight is 429 g/mol. The zero-order chi connectivity index (χ0) is 21.9. The number of halogens is 2. The number of para-hydroxylation sites is 1. The number of hydrogen-bond acceptors (Lipinski definition) is 4. The second kappa shape index (κ2) is 8.75. The van der Waals surface area contributed by atoms with E-state index in [1.165, 1.54) is 23.5 Å². The van der Waals surface area contributed by atoms with Crippen molar-refractivity contribution in [2.45, 2.75) is 33.3 Å². The van der Waals surface area contributed by atoms with Crippen LogP contribution in [0, 0.1) is 18.6 Å². The standard InChI is InChI=1S/C23H22F2N2O2S/c1-14-9-10-30-21(14)22(28)27-20-8-6-5-7-16(20)15-11-18(24)17(19(25)12-15)13-26-29-23(2,3)4/h5-13H,1-4H3,(H,27,28)/b26-13+. The fourth-order valence-corrected chi connectivity index (χ4v) is 3.55. The van der Waals surface area contributed by atoms with E-state index < -0.39 is 17.2 Å². The Bertz CT molecular complexity index is 1080. The highest BCUT2D eigenvalue weighted by molar-refractivity contribution is 7.12. The van der Waals surface area contributed by atoms with Crippen LogP contribution in [0.2, 0.25) is 0 Å². The van der Waals surface area contributed by atoms with E-state index in [4.69, 9.17) is 4.84 Å². The first kappa shape index (κ1) is 21.6. The van der Waals surface area contributed by atoms with Gasteiger partial charge in [-0.05, 0) is 68.5 Å². The molecule has 0 aliphatic carbocycles. The lowest BCUT2D eigenvalue weighted by Gasteiger charge is -2.15. The number of aryl methyl sites for hydroxylation is 1. The van der Waals surface area contributed by atoms with E-state index in [-0.39, 0.29) is 11.5 Å². The number of thiophene rings is 1. The maximum atomic E-state index is 14.6. The van der Waals surface area contributed by atoms with Gasteiger partial charge in [0.15, 0.2) is 0 Å². The van der Waals surface area contributed by atoms with Crippen molar-refractivity contribution in [1.82, 2.24) is 0 Å². The highest BCUT2D eigenvalue weighted by atomic mass is 32.1. The van der Waals surface area contributed by atoms with Crippen molar-refractivity contribution in [2.24, 2.45) is 5.16 Å². The minimum Gasteiger partial charge on any atom is -0.390 e. The minimum atomic E-state index is -0.776. The smallest absolute Gasteiger partial charge is 0.266 e. The average Bonchev–Trinajstić information content (AvgIpc) is 3.09. The van der Waals surface area contributed by atoms with Gasteiger partial charge in [-0.15, -0.1) is 11.3 Å².